The van der Waals surface area contributed by atoms with Gasteiger partial charge in [-0.05, 0) is 31.6 Å². The zero-order valence-corrected chi connectivity index (χ0v) is 8.17. The van der Waals surface area contributed by atoms with Gasteiger partial charge in [-0.1, -0.05) is 18.9 Å². The molecule has 0 amide bonds. The molecule has 2 aliphatic carbocycles. The lowest BCUT2D eigenvalue weighted by atomic mass is 9.88. The molecule has 1 heteroatoms. The fraction of sp³-hybridized carbons (Fsp3) is 0.750. The highest BCUT2D eigenvalue weighted by Crippen LogP contribution is 2.47. The quantitative estimate of drug-likeness (QED) is 0.594. The zero-order valence-electron chi connectivity index (χ0n) is 8.17. The third-order valence-electron chi connectivity index (χ3n) is 3.52. The minimum absolute atomic E-state index is 0.313. The van der Waals surface area contributed by atoms with Crippen molar-refractivity contribution in [3.05, 3.63) is 12.7 Å². The average molecular weight is 178 g/mol. The van der Waals surface area contributed by atoms with Gasteiger partial charge in [0.1, 0.15) is 5.78 Å². The first-order valence-electron chi connectivity index (χ1n) is 5.47. The number of Topliss-reactive ketones (excluding diaryl/α,β-unsaturated/α-hetero) is 1. The molecule has 0 bridgehead atoms. The smallest absolute Gasteiger partial charge is 0.139 e. The van der Waals surface area contributed by atoms with Gasteiger partial charge in [0.15, 0.2) is 0 Å². The van der Waals surface area contributed by atoms with Crippen molar-refractivity contribution in [2.24, 2.45) is 17.8 Å². The van der Waals surface area contributed by atoms with Crippen LogP contribution in [-0.4, -0.2) is 5.78 Å². The van der Waals surface area contributed by atoms with Gasteiger partial charge in [-0.3, -0.25) is 4.79 Å². The third-order valence-corrected chi connectivity index (χ3v) is 3.52. The molecular formula is C12H18O. The molecule has 72 valence electrons. The molecule has 0 aromatic heterocycles. The largest absolute Gasteiger partial charge is 0.299 e. The molecule has 3 atom stereocenters. The second-order valence-corrected chi connectivity index (χ2v) is 4.51. The van der Waals surface area contributed by atoms with E-state index < -0.39 is 0 Å². The van der Waals surface area contributed by atoms with Gasteiger partial charge in [-0.2, -0.15) is 0 Å². The average Bonchev–Trinajstić information content (AvgIpc) is 2.86. The fourth-order valence-electron chi connectivity index (χ4n) is 2.59. The summed E-state index contributed by atoms with van der Waals surface area (Å²) in [7, 11) is 0. The first kappa shape index (κ1) is 8.98. The van der Waals surface area contributed by atoms with Gasteiger partial charge < -0.3 is 0 Å². The van der Waals surface area contributed by atoms with Gasteiger partial charge in [-0.25, -0.2) is 0 Å². The number of fused-ring (bicyclic) bond motifs is 1. The predicted octanol–water partition coefficient (Wildman–Crippen LogP) is 2.96. The van der Waals surface area contributed by atoms with Gasteiger partial charge in [0.25, 0.3) is 0 Å². The standard InChI is InChI=1S/C12H18O/c1-2-5-9-6-3-4-7-10-8-11(10)12(9)13/h2,9-11H,1,3-8H2/t9-,10+,11-/m1/s1. The molecule has 13 heavy (non-hydrogen) atoms. The van der Waals surface area contributed by atoms with Gasteiger partial charge in [0.05, 0.1) is 0 Å². The highest BCUT2D eigenvalue weighted by atomic mass is 16.1. The molecular weight excluding hydrogens is 160 g/mol. The van der Waals surface area contributed by atoms with E-state index in [-0.39, 0.29) is 0 Å². The van der Waals surface area contributed by atoms with Crippen LogP contribution in [0.25, 0.3) is 0 Å². The Kier molecular flexibility index (Phi) is 2.52. The number of rotatable bonds is 2. The predicted molar refractivity (Wildman–Crippen MR) is 53.4 cm³/mol. The topological polar surface area (TPSA) is 17.1 Å². The molecule has 1 nitrogen and oxygen atoms in total. The molecule has 0 aromatic carbocycles. The van der Waals surface area contributed by atoms with E-state index in [0.29, 0.717) is 17.6 Å². The zero-order chi connectivity index (χ0) is 9.26. The lowest BCUT2D eigenvalue weighted by Crippen LogP contribution is -2.18. The second kappa shape index (κ2) is 3.65. The van der Waals surface area contributed by atoms with Crippen LogP contribution < -0.4 is 0 Å². The molecule has 0 unspecified atom stereocenters. The monoisotopic (exact) mass is 178 g/mol. The van der Waals surface area contributed by atoms with Crippen molar-refractivity contribution in [3.8, 4) is 0 Å². The maximum atomic E-state index is 11.9. The first-order chi connectivity index (χ1) is 6.33. The van der Waals surface area contributed by atoms with Gasteiger partial charge in [0, 0.05) is 11.8 Å². The number of hydrogen-bond acceptors (Lipinski definition) is 1. The van der Waals surface area contributed by atoms with Crippen molar-refractivity contribution in [1.29, 1.82) is 0 Å². The minimum atomic E-state index is 0.313. The number of hydrogen-bond donors (Lipinski definition) is 0. The summed E-state index contributed by atoms with van der Waals surface area (Å²) in [5.74, 6) is 2.07. The van der Waals surface area contributed by atoms with Crippen LogP contribution in [0.4, 0.5) is 0 Å². The Bertz CT molecular complexity index is 219. The number of ketones is 1. The maximum absolute atomic E-state index is 11.9. The van der Waals surface area contributed by atoms with E-state index in [4.69, 9.17) is 0 Å². The summed E-state index contributed by atoms with van der Waals surface area (Å²) in [6.45, 7) is 3.73. The summed E-state index contributed by atoms with van der Waals surface area (Å²) < 4.78 is 0. The molecule has 0 aromatic rings. The number of carbonyl (C=O) groups is 1. The third kappa shape index (κ3) is 1.84. The lowest BCUT2D eigenvalue weighted by molar-refractivity contribution is -0.124. The molecule has 2 fully saturated rings. The highest BCUT2D eigenvalue weighted by Gasteiger charge is 2.44. The molecule has 2 saturated carbocycles. The van der Waals surface area contributed by atoms with Crippen molar-refractivity contribution in [2.75, 3.05) is 0 Å². The van der Waals surface area contributed by atoms with Crippen molar-refractivity contribution < 1.29 is 4.79 Å². The first-order valence-corrected chi connectivity index (χ1v) is 5.47. The Morgan fingerprint density at radius 3 is 2.92 bits per heavy atom. The van der Waals surface area contributed by atoms with E-state index in [0.717, 1.165) is 18.8 Å². The van der Waals surface area contributed by atoms with E-state index in [2.05, 4.69) is 6.58 Å². The van der Waals surface area contributed by atoms with E-state index >= 15 is 0 Å². The number of carbonyl (C=O) groups excluding carboxylic acids is 1. The van der Waals surface area contributed by atoms with Crippen LogP contribution in [0.1, 0.15) is 38.5 Å². The molecule has 2 rings (SSSR count). The SMILES string of the molecule is C=CC[C@@H]1CCCC[C@H]2C[C@H]2C1=O. The summed E-state index contributed by atoms with van der Waals surface area (Å²) in [6, 6.07) is 0. The second-order valence-electron chi connectivity index (χ2n) is 4.51. The van der Waals surface area contributed by atoms with Crippen LogP contribution in [0.3, 0.4) is 0 Å². The number of allylic oxidation sites excluding steroid dienone is 1. The molecule has 0 heterocycles. The Hall–Kier alpha value is -0.590. The fourth-order valence-corrected chi connectivity index (χ4v) is 2.59. The van der Waals surface area contributed by atoms with Crippen LogP contribution in [0.5, 0.6) is 0 Å². The summed E-state index contributed by atoms with van der Waals surface area (Å²) in [5.41, 5.74) is 0. The highest BCUT2D eigenvalue weighted by molar-refractivity contribution is 5.86. The molecule has 0 aliphatic heterocycles. The maximum Gasteiger partial charge on any atom is 0.139 e. The summed E-state index contributed by atoms with van der Waals surface area (Å²) in [4.78, 5) is 11.9. The molecule has 0 saturated heterocycles. The van der Waals surface area contributed by atoms with Gasteiger partial charge in [0.2, 0.25) is 0 Å². The van der Waals surface area contributed by atoms with Crippen LogP contribution in [0.2, 0.25) is 0 Å². The van der Waals surface area contributed by atoms with E-state index in [1.54, 1.807) is 0 Å². The summed E-state index contributed by atoms with van der Waals surface area (Å²) >= 11 is 0. The van der Waals surface area contributed by atoms with E-state index in [1.807, 2.05) is 6.08 Å². The van der Waals surface area contributed by atoms with Crippen LogP contribution in [0.15, 0.2) is 12.7 Å². The summed E-state index contributed by atoms with van der Waals surface area (Å²) in [5, 5.41) is 0. The Balaban J connectivity index is 1.99. The normalized spacial score (nSPS) is 38.8. The van der Waals surface area contributed by atoms with E-state index in [9.17, 15) is 4.79 Å². The molecule has 0 N–H and O–H groups in total. The van der Waals surface area contributed by atoms with Crippen LogP contribution in [0, 0.1) is 17.8 Å². The van der Waals surface area contributed by atoms with Gasteiger partial charge >= 0.3 is 0 Å². The molecule has 0 spiro atoms. The van der Waals surface area contributed by atoms with Crippen molar-refractivity contribution in [3.63, 3.8) is 0 Å². The lowest BCUT2D eigenvalue weighted by Gasteiger charge is -2.16. The Morgan fingerprint density at radius 1 is 1.38 bits per heavy atom. The Morgan fingerprint density at radius 2 is 2.15 bits per heavy atom. The minimum Gasteiger partial charge on any atom is -0.299 e. The van der Waals surface area contributed by atoms with Crippen LogP contribution in [-0.2, 0) is 4.79 Å². The van der Waals surface area contributed by atoms with Crippen molar-refractivity contribution in [1.82, 2.24) is 0 Å². The molecule has 0 radical (unpaired) electrons. The van der Waals surface area contributed by atoms with Crippen LogP contribution >= 0.6 is 0 Å². The van der Waals surface area contributed by atoms with Crippen molar-refractivity contribution in [2.45, 2.75) is 38.5 Å². The van der Waals surface area contributed by atoms with Gasteiger partial charge in [-0.15, -0.1) is 6.58 Å². The molecule has 2 aliphatic rings. The Labute approximate surface area is 80.2 Å². The van der Waals surface area contributed by atoms with E-state index in [1.165, 1.54) is 25.7 Å². The van der Waals surface area contributed by atoms with Crippen molar-refractivity contribution >= 4 is 5.78 Å². The summed E-state index contributed by atoms with van der Waals surface area (Å²) in [6.07, 6.45) is 8.98.